The van der Waals surface area contributed by atoms with Crippen molar-refractivity contribution in [2.45, 2.75) is 37.5 Å². The van der Waals surface area contributed by atoms with Gasteiger partial charge in [0.25, 0.3) is 0 Å². The fraction of sp³-hybridized carbons (Fsp3) is 0.212. The molecule has 0 aliphatic carbocycles. The Labute approximate surface area is 365 Å². The number of hydrogen-bond acceptors (Lipinski definition) is 6. The minimum atomic E-state index is -0.867. The van der Waals surface area contributed by atoms with E-state index in [1.165, 1.54) is 0 Å². The van der Waals surface area contributed by atoms with Gasteiger partial charge in [-0.15, -0.1) is 0 Å². The molecule has 0 spiro atoms. The molecular weight excluding hydrogens is 771 g/mol. The molecule has 0 unspecified atom stereocenters. The van der Waals surface area contributed by atoms with Crippen molar-refractivity contribution in [2.75, 3.05) is 36.8 Å². The van der Waals surface area contributed by atoms with E-state index in [0.29, 0.717) is 24.6 Å². The fourth-order valence-electron chi connectivity index (χ4n) is 8.00. The second-order valence-electron chi connectivity index (χ2n) is 16.1. The lowest BCUT2D eigenvalue weighted by Gasteiger charge is -2.38. The van der Waals surface area contributed by atoms with Crippen molar-refractivity contribution < 1.29 is 14.3 Å². The van der Waals surface area contributed by atoms with Crippen LogP contribution in [0.15, 0.2) is 188 Å². The molecule has 316 valence electrons. The van der Waals surface area contributed by atoms with E-state index in [9.17, 15) is 9.59 Å². The average molecular weight is 826 g/mol. The zero-order valence-electron chi connectivity index (χ0n) is 35.8. The van der Waals surface area contributed by atoms with E-state index in [1.807, 2.05) is 137 Å². The number of amides is 3. The van der Waals surface area contributed by atoms with Crippen LogP contribution in [-0.2, 0) is 22.9 Å². The summed E-state index contributed by atoms with van der Waals surface area (Å²) in [5, 5.41) is 18.5. The number of rotatable bonds is 16. The Bertz CT molecular complexity index is 2280. The predicted octanol–water partition coefficient (Wildman–Crippen LogP) is 9.76. The van der Waals surface area contributed by atoms with Gasteiger partial charge in [0, 0.05) is 33.2 Å². The minimum Gasteiger partial charge on any atom is -0.444 e. The Kier molecular flexibility index (Phi) is 13.5. The average Bonchev–Trinajstić information content (AvgIpc) is 3.64. The lowest BCUT2D eigenvalue weighted by atomic mass is 9.77. The number of hydrogen-bond donors (Lipinski definition) is 4. The maximum atomic E-state index is 14.7. The topological polar surface area (TPSA) is 113 Å². The van der Waals surface area contributed by atoms with Crippen LogP contribution in [0.2, 0.25) is 0 Å². The number of nitrogens with one attached hydrogen (secondary N) is 4. The first-order valence-electron chi connectivity index (χ1n) is 21.0. The molecule has 0 aliphatic rings. The van der Waals surface area contributed by atoms with Crippen molar-refractivity contribution in [3.05, 3.63) is 222 Å². The van der Waals surface area contributed by atoms with E-state index in [-0.39, 0.29) is 19.1 Å². The molecule has 7 rings (SSSR count). The van der Waals surface area contributed by atoms with Gasteiger partial charge in [0.1, 0.15) is 22.6 Å². The van der Waals surface area contributed by atoms with Gasteiger partial charge in [-0.3, -0.25) is 10.00 Å². The highest BCUT2D eigenvalue weighted by atomic mass is 16.6. The van der Waals surface area contributed by atoms with Crippen LogP contribution >= 0.6 is 0 Å². The molecule has 1 aromatic heterocycles. The number of alkyl carbamates (subject to hydrolysis) is 1. The van der Waals surface area contributed by atoms with Crippen LogP contribution in [0.4, 0.5) is 21.1 Å². The van der Waals surface area contributed by atoms with Gasteiger partial charge in [-0.05, 0) is 54.2 Å². The van der Waals surface area contributed by atoms with Gasteiger partial charge in [-0.25, -0.2) is 9.59 Å². The Morgan fingerprint density at radius 1 is 0.565 bits per heavy atom. The molecule has 0 radical (unpaired) electrons. The quantitative estimate of drug-likeness (QED) is 0.0723. The normalized spacial score (nSPS) is 11.7. The first-order valence-corrected chi connectivity index (χ1v) is 21.0. The van der Waals surface area contributed by atoms with Crippen LogP contribution < -0.4 is 21.3 Å². The Balaban J connectivity index is 1.22. The summed E-state index contributed by atoms with van der Waals surface area (Å²) in [6, 6.07) is 61.5. The molecule has 7 aromatic rings. The Morgan fingerprint density at radius 3 is 1.32 bits per heavy atom. The number of aryl methyl sites for hydroxylation is 1. The second kappa shape index (κ2) is 19.5. The van der Waals surface area contributed by atoms with Gasteiger partial charge in [0.15, 0.2) is 0 Å². The Morgan fingerprint density at radius 2 is 0.935 bits per heavy atom. The lowest BCUT2D eigenvalue weighted by Crippen LogP contribution is -2.50. The van der Waals surface area contributed by atoms with Crippen LogP contribution in [0.25, 0.3) is 0 Å². The number of carbonyl (C=O) groups excluding carboxylic acids is 2. The van der Waals surface area contributed by atoms with Crippen molar-refractivity contribution in [3.63, 3.8) is 0 Å². The summed E-state index contributed by atoms with van der Waals surface area (Å²) >= 11 is 0. The van der Waals surface area contributed by atoms with E-state index in [2.05, 4.69) is 99.2 Å². The molecule has 10 nitrogen and oxygen atoms in total. The summed E-state index contributed by atoms with van der Waals surface area (Å²) in [6.07, 6.45) is 1.11. The van der Waals surface area contributed by atoms with Crippen molar-refractivity contribution in [3.8, 4) is 0 Å². The van der Waals surface area contributed by atoms with Gasteiger partial charge >= 0.3 is 12.1 Å². The number of benzene rings is 6. The summed E-state index contributed by atoms with van der Waals surface area (Å²) in [4.78, 5) is 29.2. The lowest BCUT2D eigenvalue weighted by molar-refractivity contribution is 0.0523. The molecule has 62 heavy (non-hydrogen) atoms. The first-order chi connectivity index (χ1) is 30.1. The molecule has 4 N–H and O–H groups in total. The summed E-state index contributed by atoms with van der Waals surface area (Å²) in [5.41, 5.74) is 4.43. The van der Waals surface area contributed by atoms with E-state index in [4.69, 9.17) is 4.74 Å². The smallest absolute Gasteiger partial charge is 0.407 e. The van der Waals surface area contributed by atoms with Crippen molar-refractivity contribution in [1.82, 2.24) is 25.3 Å². The summed E-state index contributed by atoms with van der Waals surface area (Å²) in [7, 11) is 1.85. The molecule has 0 atom stereocenters. The maximum absolute atomic E-state index is 14.7. The zero-order chi connectivity index (χ0) is 43.4. The van der Waals surface area contributed by atoms with Gasteiger partial charge in [-0.2, -0.15) is 5.10 Å². The molecule has 0 saturated heterocycles. The number of carbonyl (C=O) groups is 2. The molecular formula is C52H55N7O3. The Hall–Kier alpha value is -7.17. The standard InChI is InChI=1S/C52H55N7O3/c1-50(2,3)62-49(61)53-35-37-59(38-36-54-51(40-23-11-5-12-24-40,41-25-13-6-14-26-41)42-27-15-7-16-28-42)48(60)56-46-39-55-58(4)47(46)57-52(43-29-17-8-18-30-43,44-31-19-9-20-32-44)45-33-21-10-22-34-45/h5-34,39,54,57H,35-38H2,1-4H3,(H,53,61)(H,56,60). The molecule has 6 aromatic carbocycles. The van der Waals surface area contributed by atoms with Crippen molar-refractivity contribution in [1.29, 1.82) is 0 Å². The van der Waals surface area contributed by atoms with Crippen LogP contribution in [0.3, 0.4) is 0 Å². The molecule has 0 aliphatic heterocycles. The number of nitrogens with zero attached hydrogens (tertiary/aromatic N) is 3. The van der Waals surface area contributed by atoms with Gasteiger partial charge in [0.2, 0.25) is 0 Å². The van der Waals surface area contributed by atoms with Gasteiger partial charge in [-0.1, -0.05) is 182 Å². The number of aromatic nitrogens is 2. The predicted molar refractivity (Wildman–Crippen MR) is 248 cm³/mol. The molecule has 0 saturated carbocycles. The van der Waals surface area contributed by atoms with Crippen LogP contribution in [-0.4, -0.2) is 58.6 Å². The van der Waals surface area contributed by atoms with E-state index in [1.54, 1.807) is 15.8 Å². The zero-order valence-corrected chi connectivity index (χ0v) is 35.8. The van der Waals surface area contributed by atoms with Crippen molar-refractivity contribution in [2.24, 2.45) is 7.05 Å². The highest BCUT2D eigenvalue weighted by Gasteiger charge is 2.39. The van der Waals surface area contributed by atoms with Crippen LogP contribution in [0.5, 0.6) is 0 Å². The van der Waals surface area contributed by atoms with Crippen LogP contribution in [0.1, 0.15) is 54.2 Å². The number of anilines is 2. The summed E-state index contributed by atoms with van der Waals surface area (Å²) in [6.45, 7) is 6.51. The third-order valence-electron chi connectivity index (χ3n) is 10.8. The fourth-order valence-corrected chi connectivity index (χ4v) is 8.00. The maximum Gasteiger partial charge on any atom is 0.407 e. The molecule has 3 amide bonds. The molecule has 0 bridgehead atoms. The van der Waals surface area contributed by atoms with E-state index >= 15 is 0 Å². The first kappa shape index (κ1) is 42.9. The molecule has 10 heteroatoms. The van der Waals surface area contributed by atoms with E-state index < -0.39 is 22.8 Å². The van der Waals surface area contributed by atoms with E-state index in [0.717, 1.165) is 33.4 Å². The monoisotopic (exact) mass is 825 g/mol. The van der Waals surface area contributed by atoms with Gasteiger partial charge < -0.3 is 25.6 Å². The molecule has 1 heterocycles. The third kappa shape index (κ3) is 9.72. The highest BCUT2D eigenvalue weighted by molar-refractivity contribution is 5.92. The summed E-state index contributed by atoms with van der Waals surface area (Å²) in [5.74, 6) is 0.608. The van der Waals surface area contributed by atoms with Gasteiger partial charge in [0.05, 0.1) is 11.7 Å². The SMILES string of the molecule is Cn1ncc(NC(=O)N(CCNC(=O)OC(C)(C)C)CCNC(c2ccccc2)(c2ccccc2)c2ccccc2)c1NC(c1ccccc1)(c1ccccc1)c1ccccc1. The third-order valence-corrected chi connectivity index (χ3v) is 10.8. The molecule has 0 fully saturated rings. The highest BCUT2D eigenvalue weighted by Crippen LogP contribution is 2.42. The number of urea groups is 1. The second-order valence-corrected chi connectivity index (χ2v) is 16.1. The van der Waals surface area contributed by atoms with Crippen molar-refractivity contribution >= 4 is 23.6 Å². The summed E-state index contributed by atoms with van der Waals surface area (Å²) < 4.78 is 7.26. The van der Waals surface area contributed by atoms with Crippen LogP contribution in [0, 0.1) is 0 Å². The number of ether oxygens (including phenoxy) is 1. The minimum absolute atomic E-state index is 0.167. The largest absolute Gasteiger partial charge is 0.444 e.